The summed E-state index contributed by atoms with van der Waals surface area (Å²) in [6.45, 7) is 6.73. The summed E-state index contributed by atoms with van der Waals surface area (Å²) in [5, 5.41) is 0. The second-order valence-corrected chi connectivity index (χ2v) is 4.65. The van der Waals surface area contributed by atoms with Gasteiger partial charge in [0.05, 0.1) is 12.3 Å². The summed E-state index contributed by atoms with van der Waals surface area (Å²) in [5.74, 6) is 2.38. The van der Waals surface area contributed by atoms with Crippen molar-refractivity contribution in [2.45, 2.75) is 26.7 Å². The topological polar surface area (TPSA) is 61.0 Å². The third kappa shape index (κ3) is 3.22. The van der Waals surface area contributed by atoms with Gasteiger partial charge in [0.2, 0.25) is 0 Å². The molecule has 0 spiro atoms. The van der Waals surface area contributed by atoms with E-state index in [1.807, 2.05) is 31.2 Å². The average Bonchev–Trinajstić information content (AvgIpc) is 2.39. The Morgan fingerprint density at radius 3 is 2.42 bits per heavy atom. The predicted molar refractivity (Wildman–Crippen MR) is 77.1 cm³/mol. The fraction of sp³-hybridized carbons (Fsp3) is 0.333. The van der Waals surface area contributed by atoms with Crippen LogP contribution >= 0.6 is 0 Å². The number of hydrogen-bond acceptors (Lipinski definition) is 4. The predicted octanol–water partition coefficient (Wildman–Crippen LogP) is 3.25. The molecule has 4 nitrogen and oxygen atoms in total. The number of nitrogens with two attached hydrogens (primary N) is 1. The lowest BCUT2D eigenvalue weighted by Gasteiger charge is -2.09. The molecule has 2 N–H and O–H groups in total. The minimum Gasteiger partial charge on any atom is -0.494 e. The van der Waals surface area contributed by atoms with E-state index in [1.54, 1.807) is 6.07 Å². The first-order valence-corrected chi connectivity index (χ1v) is 6.48. The van der Waals surface area contributed by atoms with Crippen molar-refractivity contribution in [1.29, 1.82) is 0 Å². The Balaban J connectivity index is 2.35. The van der Waals surface area contributed by atoms with Crippen LogP contribution in [-0.2, 0) is 0 Å². The van der Waals surface area contributed by atoms with Crippen LogP contribution in [0.25, 0.3) is 11.3 Å². The molecule has 1 heterocycles. The SMILES string of the molecule is CCOc1ccc(-c2cc(N)nc(C(C)C)n2)cc1. The largest absolute Gasteiger partial charge is 0.494 e. The molecule has 0 aliphatic carbocycles. The molecule has 0 aliphatic heterocycles. The first kappa shape index (κ1) is 13.3. The lowest BCUT2D eigenvalue weighted by atomic mass is 10.1. The van der Waals surface area contributed by atoms with Crippen molar-refractivity contribution in [2.75, 3.05) is 12.3 Å². The zero-order chi connectivity index (χ0) is 13.8. The second kappa shape index (κ2) is 5.69. The quantitative estimate of drug-likeness (QED) is 0.913. The van der Waals surface area contributed by atoms with Gasteiger partial charge >= 0.3 is 0 Å². The number of nitrogens with zero attached hydrogens (tertiary/aromatic N) is 2. The van der Waals surface area contributed by atoms with E-state index in [-0.39, 0.29) is 5.92 Å². The average molecular weight is 257 g/mol. The number of rotatable bonds is 4. The Morgan fingerprint density at radius 1 is 1.16 bits per heavy atom. The van der Waals surface area contributed by atoms with Crippen LogP contribution in [0.4, 0.5) is 5.82 Å². The van der Waals surface area contributed by atoms with E-state index in [9.17, 15) is 0 Å². The normalized spacial score (nSPS) is 10.7. The van der Waals surface area contributed by atoms with Gasteiger partial charge in [0.1, 0.15) is 17.4 Å². The zero-order valence-electron chi connectivity index (χ0n) is 11.6. The fourth-order valence-electron chi connectivity index (χ4n) is 1.78. The minimum absolute atomic E-state index is 0.255. The minimum atomic E-state index is 0.255. The van der Waals surface area contributed by atoms with E-state index in [0.717, 1.165) is 22.8 Å². The molecule has 0 atom stereocenters. The molecule has 0 radical (unpaired) electrons. The van der Waals surface area contributed by atoms with Crippen molar-refractivity contribution < 1.29 is 4.74 Å². The maximum atomic E-state index is 5.84. The highest BCUT2D eigenvalue weighted by molar-refractivity contribution is 5.62. The second-order valence-electron chi connectivity index (χ2n) is 4.65. The molecule has 4 heteroatoms. The Hall–Kier alpha value is -2.10. The first-order chi connectivity index (χ1) is 9.10. The molecular weight excluding hydrogens is 238 g/mol. The standard InChI is InChI=1S/C15H19N3O/c1-4-19-12-7-5-11(6-8-12)13-9-14(16)18-15(17-13)10(2)3/h5-10H,4H2,1-3H3,(H2,16,17,18). The van der Waals surface area contributed by atoms with Crippen LogP contribution in [0.5, 0.6) is 5.75 Å². The number of anilines is 1. The Labute approximate surface area is 113 Å². The molecule has 2 rings (SSSR count). The van der Waals surface area contributed by atoms with E-state index in [1.165, 1.54) is 0 Å². The van der Waals surface area contributed by atoms with Crippen LogP contribution in [0, 0.1) is 0 Å². The van der Waals surface area contributed by atoms with Crippen LogP contribution in [0.2, 0.25) is 0 Å². The smallest absolute Gasteiger partial charge is 0.133 e. The lowest BCUT2D eigenvalue weighted by molar-refractivity contribution is 0.340. The Bertz CT molecular complexity index is 550. The zero-order valence-corrected chi connectivity index (χ0v) is 11.6. The molecule has 19 heavy (non-hydrogen) atoms. The van der Waals surface area contributed by atoms with Gasteiger partial charge < -0.3 is 10.5 Å². The Kier molecular flexibility index (Phi) is 4.00. The van der Waals surface area contributed by atoms with Gasteiger partial charge in [-0.1, -0.05) is 13.8 Å². The molecule has 0 bridgehead atoms. The molecule has 0 aliphatic rings. The molecule has 1 aromatic heterocycles. The highest BCUT2D eigenvalue weighted by atomic mass is 16.5. The fourth-order valence-corrected chi connectivity index (χ4v) is 1.78. The van der Waals surface area contributed by atoms with Gasteiger partial charge in [0, 0.05) is 17.5 Å². The van der Waals surface area contributed by atoms with Crippen molar-refractivity contribution >= 4 is 5.82 Å². The summed E-state index contributed by atoms with van der Waals surface area (Å²) in [7, 11) is 0. The van der Waals surface area contributed by atoms with Crippen LogP contribution in [0.1, 0.15) is 32.5 Å². The molecule has 0 amide bonds. The highest BCUT2D eigenvalue weighted by Crippen LogP contribution is 2.23. The first-order valence-electron chi connectivity index (χ1n) is 6.48. The summed E-state index contributed by atoms with van der Waals surface area (Å²) >= 11 is 0. The molecular formula is C15H19N3O. The van der Waals surface area contributed by atoms with Crippen LogP contribution < -0.4 is 10.5 Å². The molecule has 0 unspecified atom stereocenters. The van der Waals surface area contributed by atoms with Gasteiger partial charge in [-0.05, 0) is 31.2 Å². The van der Waals surface area contributed by atoms with Gasteiger partial charge in [0.15, 0.2) is 0 Å². The van der Waals surface area contributed by atoms with Gasteiger partial charge in [-0.25, -0.2) is 9.97 Å². The number of benzene rings is 1. The van der Waals surface area contributed by atoms with Crippen LogP contribution in [-0.4, -0.2) is 16.6 Å². The molecule has 100 valence electrons. The summed E-state index contributed by atoms with van der Waals surface area (Å²) in [6, 6.07) is 9.63. The summed E-state index contributed by atoms with van der Waals surface area (Å²) in [4.78, 5) is 8.79. The van der Waals surface area contributed by atoms with Gasteiger partial charge in [-0.2, -0.15) is 0 Å². The number of ether oxygens (including phenoxy) is 1. The maximum Gasteiger partial charge on any atom is 0.133 e. The van der Waals surface area contributed by atoms with E-state index in [2.05, 4.69) is 23.8 Å². The lowest BCUT2D eigenvalue weighted by Crippen LogP contribution is -2.02. The van der Waals surface area contributed by atoms with Crippen LogP contribution in [0.15, 0.2) is 30.3 Å². The van der Waals surface area contributed by atoms with Crippen molar-refractivity contribution in [1.82, 2.24) is 9.97 Å². The monoisotopic (exact) mass is 257 g/mol. The summed E-state index contributed by atoms with van der Waals surface area (Å²) in [5.41, 5.74) is 7.70. The highest BCUT2D eigenvalue weighted by Gasteiger charge is 2.08. The molecule has 0 saturated heterocycles. The number of aromatic nitrogens is 2. The van der Waals surface area contributed by atoms with Crippen LogP contribution in [0.3, 0.4) is 0 Å². The van der Waals surface area contributed by atoms with E-state index in [0.29, 0.717) is 12.4 Å². The number of hydrogen-bond donors (Lipinski definition) is 1. The molecule has 1 aromatic carbocycles. The van der Waals surface area contributed by atoms with Crippen molar-refractivity contribution in [3.63, 3.8) is 0 Å². The van der Waals surface area contributed by atoms with Gasteiger partial charge in [-0.3, -0.25) is 0 Å². The van der Waals surface area contributed by atoms with Crippen molar-refractivity contribution in [2.24, 2.45) is 0 Å². The van der Waals surface area contributed by atoms with Gasteiger partial charge in [-0.15, -0.1) is 0 Å². The number of nitrogen functional groups attached to an aromatic ring is 1. The molecule has 0 fully saturated rings. The molecule has 0 saturated carbocycles. The van der Waals surface area contributed by atoms with E-state index < -0.39 is 0 Å². The van der Waals surface area contributed by atoms with Gasteiger partial charge in [0.25, 0.3) is 0 Å². The summed E-state index contributed by atoms with van der Waals surface area (Å²) in [6.07, 6.45) is 0. The third-order valence-electron chi connectivity index (χ3n) is 2.74. The summed E-state index contributed by atoms with van der Waals surface area (Å²) < 4.78 is 5.42. The Morgan fingerprint density at radius 2 is 1.84 bits per heavy atom. The van der Waals surface area contributed by atoms with E-state index in [4.69, 9.17) is 10.5 Å². The van der Waals surface area contributed by atoms with E-state index >= 15 is 0 Å². The van der Waals surface area contributed by atoms with Crippen molar-refractivity contribution in [3.8, 4) is 17.0 Å². The maximum absolute atomic E-state index is 5.84. The third-order valence-corrected chi connectivity index (χ3v) is 2.74. The van der Waals surface area contributed by atoms with Crippen molar-refractivity contribution in [3.05, 3.63) is 36.2 Å². The molecule has 2 aromatic rings.